The van der Waals surface area contributed by atoms with Gasteiger partial charge in [-0.3, -0.25) is 14.4 Å². The lowest BCUT2D eigenvalue weighted by molar-refractivity contribution is -0.129. The smallest absolute Gasteiger partial charge is 0.287 e. The molecule has 0 radical (unpaired) electrons. The van der Waals surface area contributed by atoms with Gasteiger partial charge in [-0.15, -0.1) is 0 Å². The third kappa shape index (κ3) is 6.61. The van der Waals surface area contributed by atoms with Crippen LogP contribution in [0.15, 0.2) is 28.7 Å². The van der Waals surface area contributed by atoms with Gasteiger partial charge in [-0.05, 0) is 56.4 Å². The van der Waals surface area contributed by atoms with Gasteiger partial charge < -0.3 is 19.8 Å². The van der Waals surface area contributed by atoms with Crippen LogP contribution in [-0.2, 0) is 19.6 Å². The van der Waals surface area contributed by atoms with Crippen LogP contribution in [0.3, 0.4) is 0 Å². The lowest BCUT2D eigenvalue weighted by atomic mass is 10.0. The molecule has 3 rings (SSSR count). The van der Waals surface area contributed by atoms with Crippen LogP contribution >= 0.6 is 0 Å². The van der Waals surface area contributed by atoms with Gasteiger partial charge in [-0.1, -0.05) is 13.8 Å². The molecule has 1 aromatic heterocycles. The second kappa shape index (κ2) is 11.2. The first-order valence-electron chi connectivity index (χ1n) is 11.7. The van der Waals surface area contributed by atoms with Crippen LogP contribution in [0.25, 0.3) is 11.0 Å². The van der Waals surface area contributed by atoms with Crippen molar-refractivity contribution in [3.8, 4) is 5.75 Å². The summed E-state index contributed by atoms with van der Waals surface area (Å²) in [5.74, 6) is -0.728. The summed E-state index contributed by atoms with van der Waals surface area (Å²) in [4.78, 5) is 38.7. The van der Waals surface area contributed by atoms with E-state index in [-0.39, 0.29) is 36.3 Å². The van der Waals surface area contributed by atoms with E-state index in [1.807, 2.05) is 13.8 Å². The van der Waals surface area contributed by atoms with Crippen LogP contribution in [0.1, 0.15) is 50.6 Å². The number of carbonyl (C=O) groups excluding carboxylic acids is 3. The Morgan fingerprint density at radius 3 is 2.66 bits per heavy atom. The standard InChI is InChI=1S/C24H33N3O7S/c1-5-35(31,32)27-10-6-7-18(20(28)14-27)25-23(29)19(11-15(2)3)26-24(30)22-13-16-12-17(33-4)8-9-21(16)34-22/h8-9,12-13,15,18-19H,5-7,10-11,14H2,1-4H3,(H,25,29)(H,26,30)/t18?,19-/m0/s1. The Labute approximate surface area is 205 Å². The van der Waals surface area contributed by atoms with Crippen LogP contribution in [0.4, 0.5) is 0 Å². The Hall–Kier alpha value is -2.92. The molecule has 1 fully saturated rings. The van der Waals surface area contributed by atoms with E-state index in [0.29, 0.717) is 36.0 Å². The maximum Gasteiger partial charge on any atom is 0.287 e. The zero-order chi connectivity index (χ0) is 25.8. The minimum atomic E-state index is -3.50. The number of benzene rings is 1. The molecule has 1 saturated heterocycles. The van der Waals surface area contributed by atoms with E-state index >= 15 is 0 Å². The fourth-order valence-electron chi connectivity index (χ4n) is 4.03. The largest absolute Gasteiger partial charge is 0.497 e. The van der Waals surface area contributed by atoms with Crippen LogP contribution in [-0.4, -0.2) is 68.4 Å². The van der Waals surface area contributed by atoms with Crippen molar-refractivity contribution in [3.05, 3.63) is 30.0 Å². The summed E-state index contributed by atoms with van der Waals surface area (Å²) < 4.78 is 36.4. The molecule has 0 bridgehead atoms. The van der Waals surface area contributed by atoms with Crippen molar-refractivity contribution in [2.75, 3.05) is 26.0 Å². The van der Waals surface area contributed by atoms with Gasteiger partial charge in [0.25, 0.3) is 5.91 Å². The van der Waals surface area contributed by atoms with E-state index < -0.39 is 33.9 Å². The van der Waals surface area contributed by atoms with E-state index in [9.17, 15) is 22.8 Å². The van der Waals surface area contributed by atoms with Gasteiger partial charge in [0.1, 0.15) is 17.4 Å². The molecule has 192 valence electrons. The Bertz CT molecular complexity index is 1190. The van der Waals surface area contributed by atoms with E-state index in [2.05, 4.69) is 10.6 Å². The number of sulfonamides is 1. The SMILES string of the molecule is CCS(=O)(=O)N1CCCC(NC(=O)[C@H](CC(C)C)NC(=O)c2cc3cc(OC)ccc3o2)C(=O)C1. The lowest BCUT2D eigenvalue weighted by Crippen LogP contribution is -2.52. The molecule has 2 N–H and O–H groups in total. The summed E-state index contributed by atoms with van der Waals surface area (Å²) in [5, 5.41) is 6.14. The predicted octanol–water partition coefficient (Wildman–Crippen LogP) is 2.09. The number of ketones is 1. The third-order valence-electron chi connectivity index (χ3n) is 5.97. The number of hydrogen-bond acceptors (Lipinski definition) is 7. The Morgan fingerprint density at radius 1 is 1.26 bits per heavy atom. The quantitative estimate of drug-likeness (QED) is 0.531. The maximum atomic E-state index is 13.1. The van der Waals surface area contributed by atoms with Crippen molar-refractivity contribution in [1.29, 1.82) is 0 Å². The lowest BCUT2D eigenvalue weighted by Gasteiger charge is -2.23. The van der Waals surface area contributed by atoms with E-state index in [4.69, 9.17) is 9.15 Å². The molecule has 2 heterocycles. The van der Waals surface area contributed by atoms with Gasteiger partial charge in [0, 0.05) is 11.9 Å². The van der Waals surface area contributed by atoms with Crippen molar-refractivity contribution >= 4 is 38.6 Å². The molecule has 2 amide bonds. The summed E-state index contributed by atoms with van der Waals surface area (Å²) in [5.41, 5.74) is 0.511. The molecule has 10 nitrogen and oxygen atoms in total. The van der Waals surface area contributed by atoms with E-state index in [0.717, 1.165) is 0 Å². The molecule has 0 spiro atoms. The summed E-state index contributed by atoms with van der Waals surface area (Å²) in [6.45, 7) is 5.33. The summed E-state index contributed by atoms with van der Waals surface area (Å²) >= 11 is 0. The molecule has 1 aliphatic rings. The maximum absolute atomic E-state index is 13.1. The van der Waals surface area contributed by atoms with Crippen molar-refractivity contribution in [2.45, 2.75) is 52.1 Å². The first-order valence-corrected chi connectivity index (χ1v) is 13.3. The molecule has 0 aliphatic carbocycles. The van der Waals surface area contributed by atoms with E-state index in [1.54, 1.807) is 31.4 Å². The van der Waals surface area contributed by atoms with Crippen molar-refractivity contribution in [1.82, 2.24) is 14.9 Å². The molecule has 2 aromatic rings. The minimum absolute atomic E-state index is 0.0563. The Morgan fingerprint density at radius 2 is 2.00 bits per heavy atom. The number of methoxy groups -OCH3 is 1. The van der Waals surface area contributed by atoms with E-state index in [1.165, 1.54) is 11.2 Å². The zero-order valence-corrected chi connectivity index (χ0v) is 21.3. The molecule has 2 atom stereocenters. The number of ether oxygens (including phenoxy) is 1. The van der Waals surface area contributed by atoms with Crippen LogP contribution < -0.4 is 15.4 Å². The number of rotatable bonds is 9. The summed E-state index contributed by atoms with van der Waals surface area (Å²) in [6.07, 6.45) is 1.12. The van der Waals surface area contributed by atoms with Crippen LogP contribution in [0, 0.1) is 5.92 Å². The van der Waals surface area contributed by atoms with Gasteiger partial charge in [0.05, 0.1) is 25.4 Å². The van der Waals surface area contributed by atoms with Gasteiger partial charge in [0.15, 0.2) is 11.5 Å². The van der Waals surface area contributed by atoms with Gasteiger partial charge in [-0.2, -0.15) is 4.31 Å². The number of carbonyl (C=O) groups is 3. The second-order valence-electron chi connectivity index (χ2n) is 9.07. The van der Waals surface area contributed by atoms with Gasteiger partial charge >= 0.3 is 0 Å². The second-order valence-corrected chi connectivity index (χ2v) is 11.3. The van der Waals surface area contributed by atoms with Crippen molar-refractivity contribution in [3.63, 3.8) is 0 Å². The molecule has 35 heavy (non-hydrogen) atoms. The monoisotopic (exact) mass is 507 g/mol. The fourth-order valence-corrected chi connectivity index (χ4v) is 5.13. The highest BCUT2D eigenvalue weighted by atomic mass is 32.2. The zero-order valence-electron chi connectivity index (χ0n) is 20.5. The average molecular weight is 508 g/mol. The number of Topliss-reactive ketones (excluding diaryl/α,β-unsaturated/α-hetero) is 1. The predicted molar refractivity (Wildman–Crippen MR) is 131 cm³/mol. The molecule has 11 heteroatoms. The minimum Gasteiger partial charge on any atom is -0.497 e. The molecule has 0 saturated carbocycles. The van der Waals surface area contributed by atoms with Gasteiger partial charge in [-0.25, -0.2) is 8.42 Å². The number of hydrogen-bond donors (Lipinski definition) is 2. The Balaban J connectivity index is 1.71. The topological polar surface area (TPSA) is 135 Å². The first kappa shape index (κ1) is 26.7. The van der Waals surface area contributed by atoms with Crippen molar-refractivity contribution < 1.29 is 32.0 Å². The number of amides is 2. The molecule has 1 aliphatic heterocycles. The molecule has 1 aromatic carbocycles. The highest BCUT2D eigenvalue weighted by Gasteiger charge is 2.33. The molecular formula is C24H33N3O7S. The van der Waals surface area contributed by atoms with Crippen LogP contribution in [0.5, 0.6) is 5.75 Å². The summed E-state index contributed by atoms with van der Waals surface area (Å²) in [6, 6.07) is 5.03. The number of fused-ring (bicyclic) bond motifs is 1. The average Bonchev–Trinajstić information content (AvgIpc) is 3.16. The van der Waals surface area contributed by atoms with Crippen molar-refractivity contribution in [2.24, 2.45) is 5.92 Å². The summed E-state index contributed by atoms with van der Waals surface area (Å²) in [7, 11) is -1.95. The van der Waals surface area contributed by atoms with Crippen LogP contribution in [0.2, 0.25) is 0 Å². The molecule has 1 unspecified atom stereocenters. The first-order chi connectivity index (χ1) is 16.5. The normalized spacial score (nSPS) is 18.3. The van der Waals surface area contributed by atoms with Gasteiger partial charge in [0.2, 0.25) is 15.9 Å². The fraction of sp³-hybridized carbons (Fsp3) is 0.542. The Kier molecular flexibility index (Phi) is 8.55. The number of nitrogens with one attached hydrogen (secondary N) is 2. The highest BCUT2D eigenvalue weighted by molar-refractivity contribution is 7.89. The number of furan rings is 1. The number of nitrogens with zero attached hydrogens (tertiary/aromatic N) is 1. The molecular weight excluding hydrogens is 474 g/mol. The third-order valence-corrected chi connectivity index (χ3v) is 7.80. The highest BCUT2D eigenvalue weighted by Crippen LogP contribution is 2.24.